The molecule has 0 radical (unpaired) electrons. The van der Waals surface area contributed by atoms with Gasteiger partial charge in [-0.25, -0.2) is 0 Å². The molecule has 6 nitrogen and oxygen atoms in total. The summed E-state index contributed by atoms with van der Waals surface area (Å²) < 4.78 is 15.7. The first-order chi connectivity index (χ1) is 9.90. The van der Waals surface area contributed by atoms with E-state index in [0.29, 0.717) is 29.2 Å². The van der Waals surface area contributed by atoms with Crippen molar-refractivity contribution in [3.05, 3.63) is 17.7 Å². The Labute approximate surface area is 125 Å². The van der Waals surface area contributed by atoms with Crippen molar-refractivity contribution in [3.63, 3.8) is 0 Å². The number of methoxy groups -OCH3 is 3. The minimum absolute atomic E-state index is 0.153. The molecule has 1 amide bonds. The van der Waals surface area contributed by atoms with E-state index in [1.165, 1.54) is 21.3 Å². The zero-order chi connectivity index (χ0) is 16.0. The van der Waals surface area contributed by atoms with Crippen LogP contribution in [0.4, 0.5) is 0 Å². The lowest BCUT2D eigenvalue weighted by Crippen LogP contribution is -2.40. The van der Waals surface area contributed by atoms with Crippen molar-refractivity contribution in [1.29, 1.82) is 0 Å². The zero-order valence-electron chi connectivity index (χ0n) is 13.1. The second-order valence-corrected chi connectivity index (χ2v) is 4.92. The average molecular weight is 297 g/mol. The molecule has 0 saturated heterocycles. The van der Waals surface area contributed by atoms with Crippen molar-refractivity contribution in [2.45, 2.75) is 25.9 Å². The molecule has 0 spiro atoms. The highest BCUT2D eigenvalue weighted by atomic mass is 16.5. The van der Waals surface area contributed by atoms with Gasteiger partial charge in [-0.2, -0.15) is 0 Å². The van der Waals surface area contributed by atoms with Crippen LogP contribution in [0, 0.1) is 0 Å². The highest BCUT2D eigenvalue weighted by Gasteiger charge is 2.23. The van der Waals surface area contributed by atoms with Crippen LogP contribution in [0.15, 0.2) is 12.1 Å². The largest absolute Gasteiger partial charge is 0.493 e. The van der Waals surface area contributed by atoms with Gasteiger partial charge in [0.25, 0.3) is 5.91 Å². The molecule has 118 valence electrons. The van der Waals surface area contributed by atoms with Gasteiger partial charge in [-0.1, -0.05) is 6.92 Å². The van der Waals surface area contributed by atoms with E-state index in [1.807, 2.05) is 6.92 Å². The van der Waals surface area contributed by atoms with Crippen LogP contribution < -0.4 is 19.5 Å². The highest BCUT2D eigenvalue weighted by molar-refractivity contribution is 5.98. The summed E-state index contributed by atoms with van der Waals surface area (Å²) in [6, 6.07) is 3.23. The Morgan fingerprint density at radius 2 is 1.81 bits per heavy atom. The summed E-state index contributed by atoms with van der Waals surface area (Å²) >= 11 is 0. The molecule has 1 unspecified atom stereocenters. The summed E-state index contributed by atoms with van der Waals surface area (Å²) in [5, 5.41) is 12.6. The fourth-order valence-electron chi connectivity index (χ4n) is 1.77. The summed E-state index contributed by atoms with van der Waals surface area (Å²) in [6.45, 7) is 3.67. The van der Waals surface area contributed by atoms with E-state index in [-0.39, 0.29) is 12.5 Å². The second-order valence-electron chi connectivity index (χ2n) is 4.92. The van der Waals surface area contributed by atoms with Crippen molar-refractivity contribution in [3.8, 4) is 17.2 Å². The molecule has 1 atom stereocenters. The van der Waals surface area contributed by atoms with Gasteiger partial charge < -0.3 is 24.6 Å². The summed E-state index contributed by atoms with van der Waals surface area (Å²) in [5.41, 5.74) is -0.624. The molecule has 0 aromatic heterocycles. The number of carbonyl (C=O) groups excluding carboxylic acids is 1. The molecule has 0 aliphatic heterocycles. The van der Waals surface area contributed by atoms with Crippen molar-refractivity contribution < 1.29 is 24.1 Å². The van der Waals surface area contributed by atoms with Gasteiger partial charge in [0.15, 0.2) is 11.5 Å². The third kappa shape index (κ3) is 4.01. The third-order valence-corrected chi connectivity index (χ3v) is 3.34. The first-order valence-corrected chi connectivity index (χ1v) is 6.69. The normalized spacial score (nSPS) is 13.2. The maximum absolute atomic E-state index is 12.3. The molecule has 2 N–H and O–H groups in total. The van der Waals surface area contributed by atoms with E-state index in [9.17, 15) is 9.90 Å². The second kappa shape index (κ2) is 7.17. The topological polar surface area (TPSA) is 77.0 Å². The molecular formula is C15H23NO5. The number of aliphatic hydroxyl groups is 1. The minimum Gasteiger partial charge on any atom is -0.493 e. The van der Waals surface area contributed by atoms with Crippen LogP contribution in [0.1, 0.15) is 30.6 Å². The maximum atomic E-state index is 12.3. The van der Waals surface area contributed by atoms with Crippen LogP contribution in [-0.2, 0) is 0 Å². The average Bonchev–Trinajstić information content (AvgIpc) is 2.50. The predicted octanol–water partition coefficient (Wildman–Crippen LogP) is 1.60. The van der Waals surface area contributed by atoms with Crippen LogP contribution in [-0.4, -0.2) is 44.5 Å². The van der Waals surface area contributed by atoms with Crippen molar-refractivity contribution in [2.75, 3.05) is 27.9 Å². The van der Waals surface area contributed by atoms with Crippen LogP contribution in [0.25, 0.3) is 0 Å². The quantitative estimate of drug-likeness (QED) is 0.799. The molecule has 1 rings (SSSR count). The van der Waals surface area contributed by atoms with Crippen molar-refractivity contribution in [1.82, 2.24) is 5.32 Å². The Balaban J connectivity index is 3.04. The van der Waals surface area contributed by atoms with Gasteiger partial charge in [0, 0.05) is 6.54 Å². The zero-order valence-corrected chi connectivity index (χ0v) is 13.1. The predicted molar refractivity (Wildman–Crippen MR) is 79.3 cm³/mol. The van der Waals surface area contributed by atoms with E-state index in [1.54, 1.807) is 19.1 Å². The van der Waals surface area contributed by atoms with Crippen LogP contribution in [0.5, 0.6) is 17.2 Å². The van der Waals surface area contributed by atoms with Gasteiger partial charge in [0.2, 0.25) is 5.75 Å². The number of ether oxygens (including phenoxy) is 3. The van der Waals surface area contributed by atoms with E-state index >= 15 is 0 Å². The van der Waals surface area contributed by atoms with Gasteiger partial charge in [0.05, 0.1) is 32.5 Å². The molecule has 0 saturated carbocycles. The number of carbonyl (C=O) groups is 1. The van der Waals surface area contributed by atoms with Gasteiger partial charge in [0.1, 0.15) is 0 Å². The number of benzene rings is 1. The first-order valence-electron chi connectivity index (χ1n) is 6.69. The summed E-state index contributed by atoms with van der Waals surface area (Å²) in [7, 11) is 4.44. The molecule has 21 heavy (non-hydrogen) atoms. The number of rotatable bonds is 7. The van der Waals surface area contributed by atoms with Crippen molar-refractivity contribution in [2.24, 2.45) is 0 Å². The van der Waals surface area contributed by atoms with E-state index < -0.39 is 5.60 Å². The SMILES string of the molecule is CCC(C)(O)CNC(=O)c1ccc(OC)c(OC)c1OC. The highest BCUT2D eigenvalue weighted by Crippen LogP contribution is 2.39. The van der Waals surface area contributed by atoms with Crippen LogP contribution in [0.3, 0.4) is 0 Å². The lowest BCUT2D eigenvalue weighted by atomic mass is 10.0. The maximum Gasteiger partial charge on any atom is 0.255 e. The molecule has 0 aliphatic carbocycles. The number of hydrogen-bond acceptors (Lipinski definition) is 5. The van der Waals surface area contributed by atoms with Crippen LogP contribution >= 0.6 is 0 Å². The van der Waals surface area contributed by atoms with Gasteiger partial charge >= 0.3 is 0 Å². The number of amides is 1. The fourth-order valence-corrected chi connectivity index (χ4v) is 1.77. The molecular weight excluding hydrogens is 274 g/mol. The monoisotopic (exact) mass is 297 g/mol. The Morgan fingerprint density at radius 1 is 1.19 bits per heavy atom. The number of hydrogen-bond donors (Lipinski definition) is 2. The summed E-state index contributed by atoms with van der Waals surface area (Å²) in [5.74, 6) is 0.786. The minimum atomic E-state index is -0.945. The molecule has 6 heteroatoms. The van der Waals surface area contributed by atoms with Crippen molar-refractivity contribution >= 4 is 5.91 Å². The molecule has 0 heterocycles. The number of nitrogens with one attached hydrogen (secondary N) is 1. The van der Waals surface area contributed by atoms with E-state index in [4.69, 9.17) is 14.2 Å². The Kier molecular flexibility index (Phi) is 5.84. The lowest BCUT2D eigenvalue weighted by molar-refractivity contribution is 0.0517. The Hall–Kier alpha value is -1.95. The standard InChI is InChI=1S/C15H23NO5/c1-6-15(2,18)9-16-14(17)10-7-8-11(19-3)13(21-5)12(10)20-4/h7-8,18H,6,9H2,1-5H3,(H,16,17). The molecule has 0 fully saturated rings. The molecule has 0 bridgehead atoms. The Bertz CT molecular complexity index is 499. The van der Waals surface area contributed by atoms with E-state index in [0.717, 1.165) is 0 Å². The molecule has 1 aromatic rings. The first kappa shape index (κ1) is 17.1. The Morgan fingerprint density at radius 3 is 2.29 bits per heavy atom. The van der Waals surface area contributed by atoms with Gasteiger partial charge in [-0.3, -0.25) is 4.79 Å². The fraction of sp³-hybridized carbons (Fsp3) is 0.533. The molecule has 0 aliphatic rings. The van der Waals surface area contributed by atoms with Gasteiger partial charge in [-0.15, -0.1) is 0 Å². The molecule has 1 aromatic carbocycles. The summed E-state index contributed by atoms with van der Waals surface area (Å²) in [4.78, 5) is 12.3. The lowest BCUT2D eigenvalue weighted by Gasteiger charge is -2.22. The smallest absolute Gasteiger partial charge is 0.255 e. The third-order valence-electron chi connectivity index (χ3n) is 3.34. The van der Waals surface area contributed by atoms with E-state index in [2.05, 4.69) is 5.32 Å². The summed E-state index contributed by atoms with van der Waals surface area (Å²) in [6.07, 6.45) is 0.538. The van der Waals surface area contributed by atoms with Crippen LogP contribution in [0.2, 0.25) is 0 Å². The van der Waals surface area contributed by atoms with Gasteiger partial charge in [-0.05, 0) is 25.5 Å².